The van der Waals surface area contributed by atoms with Crippen molar-refractivity contribution in [1.29, 1.82) is 0 Å². The Morgan fingerprint density at radius 3 is 2.70 bits per heavy atom. The number of rotatable bonds is 8. The molecule has 8 nitrogen and oxygen atoms in total. The summed E-state index contributed by atoms with van der Waals surface area (Å²) in [5.41, 5.74) is 0.961. The molecular formula is C18H18ClN5O3. The first-order valence-electron chi connectivity index (χ1n) is 8.17. The number of ether oxygens (including phenoxy) is 2. The average Bonchev–Trinajstić information content (AvgIpc) is 3.13. The number of tetrazole rings is 1. The summed E-state index contributed by atoms with van der Waals surface area (Å²) in [6, 6.07) is 14.6. The highest BCUT2D eigenvalue weighted by Crippen LogP contribution is 2.23. The molecule has 2 aromatic carbocycles. The highest BCUT2D eigenvalue weighted by atomic mass is 35.5. The van der Waals surface area contributed by atoms with Crippen LogP contribution in [0.5, 0.6) is 11.5 Å². The summed E-state index contributed by atoms with van der Waals surface area (Å²) in [4.78, 5) is 12.2. The van der Waals surface area contributed by atoms with Gasteiger partial charge in [0.25, 0.3) is 0 Å². The third-order valence-electron chi connectivity index (χ3n) is 3.74. The van der Waals surface area contributed by atoms with Gasteiger partial charge >= 0.3 is 0 Å². The summed E-state index contributed by atoms with van der Waals surface area (Å²) in [5.74, 6) is 1.51. The minimum Gasteiger partial charge on any atom is -0.497 e. The molecule has 0 saturated heterocycles. The Morgan fingerprint density at radius 2 is 1.96 bits per heavy atom. The number of carbonyl (C=O) groups is 1. The SMILES string of the molecule is COc1ccc(CNC(=O)Cn2nnnc2COc2ccccc2Cl)cc1. The number of para-hydroxylation sites is 1. The number of carbonyl (C=O) groups excluding carboxylic acids is 1. The number of hydrogen-bond donors (Lipinski definition) is 1. The Bertz CT molecular complexity index is 898. The van der Waals surface area contributed by atoms with Gasteiger partial charge in [0, 0.05) is 6.54 Å². The fraction of sp³-hybridized carbons (Fsp3) is 0.222. The molecule has 0 radical (unpaired) electrons. The minimum atomic E-state index is -0.211. The van der Waals surface area contributed by atoms with E-state index in [0.29, 0.717) is 23.1 Å². The Labute approximate surface area is 161 Å². The van der Waals surface area contributed by atoms with Crippen molar-refractivity contribution in [2.45, 2.75) is 19.7 Å². The van der Waals surface area contributed by atoms with E-state index in [2.05, 4.69) is 20.8 Å². The third kappa shape index (κ3) is 5.18. The van der Waals surface area contributed by atoms with Gasteiger partial charge in [-0.3, -0.25) is 4.79 Å². The lowest BCUT2D eigenvalue weighted by Gasteiger charge is -2.09. The molecule has 1 N–H and O–H groups in total. The van der Waals surface area contributed by atoms with Crippen molar-refractivity contribution in [2.24, 2.45) is 0 Å². The van der Waals surface area contributed by atoms with E-state index >= 15 is 0 Å². The predicted molar refractivity (Wildman–Crippen MR) is 98.4 cm³/mol. The molecule has 0 spiro atoms. The topological polar surface area (TPSA) is 91.2 Å². The molecule has 27 heavy (non-hydrogen) atoms. The van der Waals surface area contributed by atoms with Crippen LogP contribution < -0.4 is 14.8 Å². The molecule has 0 fully saturated rings. The largest absolute Gasteiger partial charge is 0.497 e. The second kappa shape index (κ2) is 9.00. The lowest BCUT2D eigenvalue weighted by atomic mass is 10.2. The molecule has 3 aromatic rings. The summed E-state index contributed by atoms with van der Waals surface area (Å²) in [7, 11) is 1.61. The maximum Gasteiger partial charge on any atom is 0.242 e. The van der Waals surface area contributed by atoms with E-state index in [1.165, 1.54) is 4.68 Å². The number of methoxy groups -OCH3 is 1. The van der Waals surface area contributed by atoms with E-state index in [9.17, 15) is 4.79 Å². The molecule has 1 amide bonds. The quantitative estimate of drug-likeness (QED) is 0.637. The van der Waals surface area contributed by atoms with Gasteiger partial charge in [-0.05, 0) is 40.3 Å². The summed E-state index contributed by atoms with van der Waals surface area (Å²) in [6.45, 7) is 0.489. The number of aromatic nitrogens is 4. The molecule has 1 aromatic heterocycles. The van der Waals surface area contributed by atoms with Crippen molar-refractivity contribution in [2.75, 3.05) is 7.11 Å². The fourth-order valence-corrected chi connectivity index (χ4v) is 2.48. The van der Waals surface area contributed by atoms with Crippen LogP contribution >= 0.6 is 11.6 Å². The van der Waals surface area contributed by atoms with Gasteiger partial charge in [0.2, 0.25) is 5.91 Å². The molecule has 0 atom stereocenters. The van der Waals surface area contributed by atoms with Crippen LogP contribution in [0.4, 0.5) is 0 Å². The first-order valence-corrected chi connectivity index (χ1v) is 8.55. The molecule has 0 saturated carbocycles. The van der Waals surface area contributed by atoms with Gasteiger partial charge in [0.15, 0.2) is 5.82 Å². The van der Waals surface area contributed by atoms with Crippen molar-refractivity contribution >= 4 is 17.5 Å². The summed E-state index contributed by atoms with van der Waals surface area (Å²) in [5, 5.41) is 14.6. The van der Waals surface area contributed by atoms with E-state index in [1.807, 2.05) is 36.4 Å². The molecule has 0 aliphatic carbocycles. The molecule has 0 unspecified atom stereocenters. The van der Waals surface area contributed by atoms with Gasteiger partial charge in [-0.2, -0.15) is 0 Å². The van der Waals surface area contributed by atoms with Crippen LogP contribution in [0.25, 0.3) is 0 Å². The zero-order valence-corrected chi connectivity index (χ0v) is 15.4. The van der Waals surface area contributed by atoms with Crippen molar-refractivity contribution in [1.82, 2.24) is 25.5 Å². The number of benzene rings is 2. The third-order valence-corrected chi connectivity index (χ3v) is 4.05. The number of nitrogens with zero attached hydrogens (tertiary/aromatic N) is 4. The molecule has 140 valence electrons. The number of hydrogen-bond acceptors (Lipinski definition) is 6. The molecular weight excluding hydrogens is 370 g/mol. The smallest absolute Gasteiger partial charge is 0.242 e. The van der Waals surface area contributed by atoms with Crippen molar-refractivity contribution in [3.8, 4) is 11.5 Å². The maximum absolute atomic E-state index is 12.2. The van der Waals surface area contributed by atoms with Crippen LogP contribution in [0.3, 0.4) is 0 Å². The molecule has 1 heterocycles. The van der Waals surface area contributed by atoms with E-state index in [1.54, 1.807) is 19.2 Å². The Hall–Kier alpha value is -3.13. The van der Waals surface area contributed by atoms with E-state index in [4.69, 9.17) is 21.1 Å². The Morgan fingerprint density at radius 1 is 1.19 bits per heavy atom. The second-order valence-electron chi connectivity index (χ2n) is 5.60. The summed E-state index contributed by atoms with van der Waals surface area (Å²) < 4.78 is 12.1. The van der Waals surface area contributed by atoms with Crippen LogP contribution in [0, 0.1) is 0 Å². The average molecular weight is 388 g/mol. The first-order chi connectivity index (χ1) is 13.2. The van der Waals surface area contributed by atoms with Crippen molar-refractivity contribution in [3.05, 3.63) is 64.9 Å². The van der Waals surface area contributed by atoms with Crippen LogP contribution in [-0.4, -0.2) is 33.2 Å². The maximum atomic E-state index is 12.2. The highest BCUT2D eigenvalue weighted by Gasteiger charge is 2.12. The predicted octanol–water partition coefficient (Wildman–Crippen LogP) is 2.23. The molecule has 0 bridgehead atoms. The van der Waals surface area contributed by atoms with E-state index in [0.717, 1.165) is 11.3 Å². The van der Waals surface area contributed by atoms with Crippen LogP contribution in [0.15, 0.2) is 48.5 Å². The van der Waals surface area contributed by atoms with Gasteiger partial charge in [0.1, 0.15) is 24.7 Å². The van der Waals surface area contributed by atoms with Crippen LogP contribution in [-0.2, 0) is 24.5 Å². The van der Waals surface area contributed by atoms with Gasteiger partial charge in [-0.15, -0.1) is 5.10 Å². The normalized spacial score (nSPS) is 10.4. The summed E-state index contributed by atoms with van der Waals surface area (Å²) >= 11 is 6.05. The lowest BCUT2D eigenvalue weighted by Crippen LogP contribution is -2.28. The molecule has 9 heteroatoms. The van der Waals surface area contributed by atoms with Crippen LogP contribution in [0.1, 0.15) is 11.4 Å². The first kappa shape index (κ1) is 18.7. The van der Waals surface area contributed by atoms with E-state index in [-0.39, 0.29) is 19.1 Å². The van der Waals surface area contributed by atoms with Gasteiger partial charge < -0.3 is 14.8 Å². The van der Waals surface area contributed by atoms with Gasteiger partial charge in [-0.25, -0.2) is 4.68 Å². The number of nitrogens with one attached hydrogen (secondary N) is 1. The monoisotopic (exact) mass is 387 g/mol. The fourth-order valence-electron chi connectivity index (χ4n) is 2.29. The zero-order valence-electron chi connectivity index (χ0n) is 14.6. The van der Waals surface area contributed by atoms with Crippen molar-refractivity contribution in [3.63, 3.8) is 0 Å². The molecule has 0 aliphatic rings. The van der Waals surface area contributed by atoms with Crippen LogP contribution in [0.2, 0.25) is 5.02 Å². The van der Waals surface area contributed by atoms with E-state index < -0.39 is 0 Å². The standard InChI is InChI=1S/C18H18ClN5O3/c1-26-14-8-6-13(7-9-14)10-20-18(25)11-24-17(21-22-23-24)12-27-16-5-3-2-4-15(16)19/h2-9H,10-12H2,1H3,(H,20,25). The minimum absolute atomic E-state index is 0.00955. The summed E-state index contributed by atoms with van der Waals surface area (Å²) in [6.07, 6.45) is 0. The highest BCUT2D eigenvalue weighted by molar-refractivity contribution is 6.32. The number of amides is 1. The Balaban J connectivity index is 1.52. The second-order valence-corrected chi connectivity index (χ2v) is 6.00. The zero-order chi connectivity index (χ0) is 19.1. The van der Waals surface area contributed by atoms with Crippen molar-refractivity contribution < 1.29 is 14.3 Å². The Kier molecular flexibility index (Phi) is 6.22. The van der Waals surface area contributed by atoms with Gasteiger partial charge in [-0.1, -0.05) is 35.9 Å². The molecule has 3 rings (SSSR count). The number of halogens is 1. The van der Waals surface area contributed by atoms with Gasteiger partial charge in [0.05, 0.1) is 12.1 Å². The lowest BCUT2D eigenvalue weighted by molar-refractivity contribution is -0.122. The molecule has 0 aliphatic heterocycles.